The van der Waals surface area contributed by atoms with Crippen LogP contribution in [0.5, 0.6) is 11.5 Å². The normalized spacial score (nSPS) is 11.5. The molecule has 0 aliphatic carbocycles. The highest BCUT2D eigenvalue weighted by molar-refractivity contribution is 5.88. The van der Waals surface area contributed by atoms with E-state index in [9.17, 15) is 18.0 Å². The van der Waals surface area contributed by atoms with Crippen molar-refractivity contribution >= 4 is 12.0 Å². The number of methoxy groups -OCH3 is 1. The molecule has 0 bridgehead atoms. The summed E-state index contributed by atoms with van der Waals surface area (Å²) in [6, 6.07) is 11.0. The van der Waals surface area contributed by atoms with Gasteiger partial charge in [-0.3, -0.25) is 0 Å². The van der Waals surface area contributed by atoms with Crippen LogP contribution in [0, 0.1) is 0 Å². The fourth-order valence-corrected chi connectivity index (χ4v) is 1.78. The van der Waals surface area contributed by atoms with Crippen LogP contribution < -0.4 is 9.47 Å². The van der Waals surface area contributed by atoms with E-state index in [4.69, 9.17) is 9.47 Å². The first-order valence-corrected chi connectivity index (χ1v) is 6.60. The van der Waals surface area contributed by atoms with Crippen molar-refractivity contribution in [2.24, 2.45) is 0 Å². The summed E-state index contributed by atoms with van der Waals surface area (Å²) in [6.45, 7) is 0. The molecule has 2 rings (SSSR count). The average Bonchev–Trinajstić information content (AvgIpc) is 2.53. The van der Waals surface area contributed by atoms with Crippen LogP contribution in [0.25, 0.3) is 6.08 Å². The summed E-state index contributed by atoms with van der Waals surface area (Å²) in [5.74, 6) is 0.237. The highest BCUT2D eigenvalue weighted by atomic mass is 19.4. The van der Waals surface area contributed by atoms with E-state index in [1.807, 2.05) is 0 Å². The van der Waals surface area contributed by atoms with Gasteiger partial charge in [0.2, 0.25) is 0 Å². The molecule has 0 atom stereocenters. The summed E-state index contributed by atoms with van der Waals surface area (Å²) in [4.78, 5) is 11.7. The van der Waals surface area contributed by atoms with E-state index >= 15 is 0 Å². The molecular formula is C17H13F3O3. The van der Waals surface area contributed by atoms with E-state index < -0.39 is 17.7 Å². The number of rotatable bonds is 4. The minimum absolute atomic E-state index is 0.256. The molecule has 0 spiro atoms. The Balaban J connectivity index is 2.03. The zero-order valence-corrected chi connectivity index (χ0v) is 12.1. The topological polar surface area (TPSA) is 35.5 Å². The predicted octanol–water partition coefficient (Wildman–Crippen LogP) is 4.33. The lowest BCUT2D eigenvalue weighted by atomic mass is 10.1. The lowest BCUT2D eigenvalue weighted by Crippen LogP contribution is -2.05. The summed E-state index contributed by atoms with van der Waals surface area (Å²) in [5, 5.41) is 0. The number of hydrogen-bond donors (Lipinski definition) is 0. The molecule has 2 aromatic rings. The Hall–Kier alpha value is -2.76. The molecule has 23 heavy (non-hydrogen) atoms. The SMILES string of the molecule is COc1ccc(OC(=O)/C=C/c2cccc(C(F)(F)F)c2)cc1. The summed E-state index contributed by atoms with van der Waals surface area (Å²) < 4.78 is 47.8. The highest BCUT2D eigenvalue weighted by Gasteiger charge is 2.30. The number of ether oxygens (including phenoxy) is 2. The van der Waals surface area contributed by atoms with E-state index in [-0.39, 0.29) is 5.56 Å². The number of esters is 1. The molecule has 0 radical (unpaired) electrons. The molecule has 0 aromatic heterocycles. The lowest BCUT2D eigenvalue weighted by molar-refractivity contribution is -0.137. The van der Waals surface area contributed by atoms with Crippen LogP contribution in [0.2, 0.25) is 0 Å². The third-order valence-corrected chi connectivity index (χ3v) is 2.90. The molecule has 0 heterocycles. The Morgan fingerprint density at radius 1 is 1.04 bits per heavy atom. The first-order valence-electron chi connectivity index (χ1n) is 6.60. The van der Waals surface area contributed by atoms with Crippen molar-refractivity contribution in [3.63, 3.8) is 0 Å². The summed E-state index contributed by atoms with van der Waals surface area (Å²) in [7, 11) is 1.51. The largest absolute Gasteiger partial charge is 0.497 e. The Labute approximate surface area is 131 Å². The second kappa shape index (κ2) is 7.00. The third-order valence-electron chi connectivity index (χ3n) is 2.90. The molecule has 2 aromatic carbocycles. The van der Waals surface area contributed by atoms with Crippen molar-refractivity contribution in [1.82, 2.24) is 0 Å². The van der Waals surface area contributed by atoms with Gasteiger partial charge in [-0.1, -0.05) is 12.1 Å². The first kappa shape index (κ1) is 16.6. The van der Waals surface area contributed by atoms with E-state index in [1.165, 1.54) is 25.3 Å². The van der Waals surface area contributed by atoms with Crippen molar-refractivity contribution in [3.8, 4) is 11.5 Å². The third kappa shape index (κ3) is 4.88. The fraction of sp³-hybridized carbons (Fsp3) is 0.118. The second-order valence-corrected chi connectivity index (χ2v) is 4.55. The maximum Gasteiger partial charge on any atom is 0.416 e. The van der Waals surface area contributed by atoms with Crippen molar-refractivity contribution < 1.29 is 27.4 Å². The monoisotopic (exact) mass is 322 g/mol. The maximum absolute atomic E-state index is 12.6. The zero-order valence-electron chi connectivity index (χ0n) is 12.1. The van der Waals surface area contributed by atoms with Crippen LogP contribution in [-0.4, -0.2) is 13.1 Å². The van der Waals surface area contributed by atoms with E-state index in [0.29, 0.717) is 11.5 Å². The molecule has 120 valence electrons. The minimum atomic E-state index is -4.42. The van der Waals surface area contributed by atoms with Crippen molar-refractivity contribution in [1.29, 1.82) is 0 Å². The van der Waals surface area contributed by atoms with E-state index in [1.54, 1.807) is 24.3 Å². The molecular weight excluding hydrogens is 309 g/mol. The van der Waals surface area contributed by atoms with Crippen LogP contribution in [-0.2, 0) is 11.0 Å². The van der Waals surface area contributed by atoms with Crippen molar-refractivity contribution in [2.45, 2.75) is 6.18 Å². The van der Waals surface area contributed by atoms with Gasteiger partial charge in [0, 0.05) is 6.08 Å². The number of hydrogen-bond acceptors (Lipinski definition) is 3. The molecule has 0 unspecified atom stereocenters. The molecule has 0 amide bonds. The van der Waals surface area contributed by atoms with Gasteiger partial charge in [-0.25, -0.2) is 4.79 Å². The molecule has 0 N–H and O–H groups in total. The summed E-state index contributed by atoms with van der Waals surface area (Å²) >= 11 is 0. The van der Waals surface area contributed by atoms with Crippen LogP contribution in [0.3, 0.4) is 0 Å². The minimum Gasteiger partial charge on any atom is -0.497 e. The fourth-order valence-electron chi connectivity index (χ4n) is 1.78. The van der Waals surface area contributed by atoms with Crippen LogP contribution in [0.15, 0.2) is 54.6 Å². The summed E-state index contributed by atoms with van der Waals surface area (Å²) in [6.07, 6.45) is -2.09. The Morgan fingerprint density at radius 2 is 1.70 bits per heavy atom. The van der Waals surface area contributed by atoms with Gasteiger partial charge in [0.15, 0.2) is 0 Å². The van der Waals surface area contributed by atoms with Gasteiger partial charge in [-0.2, -0.15) is 13.2 Å². The average molecular weight is 322 g/mol. The number of alkyl halides is 3. The van der Waals surface area contributed by atoms with Crippen molar-refractivity contribution in [3.05, 3.63) is 65.7 Å². The number of carbonyl (C=O) groups excluding carboxylic acids is 1. The van der Waals surface area contributed by atoms with Crippen LogP contribution in [0.4, 0.5) is 13.2 Å². The highest BCUT2D eigenvalue weighted by Crippen LogP contribution is 2.29. The van der Waals surface area contributed by atoms with Gasteiger partial charge in [0.25, 0.3) is 0 Å². The number of carbonyl (C=O) groups is 1. The van der Waals surface area contributed by atoms with Crippen LogP contribution in [0.1, 0.15) is 11.1 Å². The maximum atomic E-state index is 12.6. The van der Waals surface area contributed by atoms with Crippen molar-refractivity contribution in [2.75, 3.05) is 7.11 Å². The predicted molar refractivity (Wildman–Crippen MR) is 79.1 cm³/mol. The van der Waals surface area contributed by atoms with Gasteiger partial charge >= 0.3 is 12.1 Å². The van der Waals surface area contributed by atoms with E-state index in [2.05, 4.69) is 0 Å². The Morgan fingerprint density at radius 3 is 2.30 bits per heavy atom. The molecule has 0 saturated heterocycles. The number of halogens is 3. The molecule has 0 saturated carbocycles. The standard InChI is InChI=1S/C17H13F3O3/c1-22-14-6-8-15(9-7-14)23-16(21)10-5-12-3-2-4-13(11-12)17(18,19)20/h2-11H,1H3/b10-5+. The Kier molecular flexibility index (Phi) is 5.05. The van der Waals surface area contributed by atoms with E-state index in [0.717, 1.165) is 18.2 Å². The smallest absolute Gasteiger partial charge is 0.416 e. The van der Waals surface area contributed by atoms with Gasteiger partial charge in [-0.15, -0.1) is 0 Å². The Bertz CT molecular complexity index is 704. The molecule has 0 fully saturated rings. The summed E-state index contributed by atoms with van der Waals surface area (Å²) in [5.41, 5.74) is -0.519. The zero-order chi connectivity index (χ0) is 16.9. The molecule has 3 nitrogen and oxygen atoms in total. The number of benzene rings is 2. The molecule has 6 heteroatoms. The quantitative estimate of drug-likeness (QED) is 0.477. The van der Waals surface area contributed by atoms with Gasteiger partial charge in [0.1, 0.15) is 11.5 Å². The molecule has 0 aliphatic rings. The van der Waals surface area contributed by atoms with Gasteiger partial charge < -0.3 is 9.47 Å². The van der Waals surface area contributed by atoms with Crippen LogP contribution >= 0.6 is 0 Å². The van der Waals surface area contributed by atoms with Gasteiger partial charge in [0.05, 0.1) is 12.7 Å². The second-order valence-electron chi connectivity index (χ2n) is 4.55. The van der Waals surface area contributed by atoms with Gasteiger partial charge in [-0.05, 0) is 48.0 Å². The lowest BCUT2D eigenvalue weighted by Gasteiger charge is -2.06. The molecule has 0 aliphatic heterocycles. The first-order chi connectivity index (χ1) is 10.9.